The summed E-state index contributed by atoms with van der Waals surface area (Å²) in [5.74, 6) is 1.07. The topological polar surface area (TPSA) is 29.9 Å². The average Bonchev–Trinajstić information content (AvgIpc) is 2.87. The van der Waals surface area contributed by atoms with Crippen molar-refractivity contribution in [3.8, 4) is 11.4 Å². The summed E-state index contributed by atoms with van der Waals surface area (Å²) in [7, 11) is 0. The fourth-order valence-electron chi connectivity index (χ4n) is 2.14. The van der Waals surface area contributed by atoms with Crippen molar-refractivity contribution >= 4 is 0 Å². The molecule has 0 aliphatic heterocycles. The van der Waals surface area contributed by atoms with E-state index in [9.17, 15) is 0 Å². The van der Waals surface area contributed by atoms with Gasteiger partial charge < -0.3 is 9.88 Å². The molecule has 2 rings (SSSR count). The van der Waals surface area contributed by atoms with Gasteiger partial charge in [-0.2, -0.15) is 0 Å². The first-order chi connectivity index (χ1) is 9.27. The van der Waals surface area contributed by atoms with E-state index in [1.165, 1.54) is 18.4 Å². The standard InChI is InChI=1S/C16H23N3/c1-14(2)17-10-6-7-12-19-13-11-18-16(19)15-8-4-3-5-9-15/h3-5,8-9,11,13-14,17H,6-7,10,12H2,1-2H3. The first-order valence-electron chi connectivity index (χ1n) is 7.07. The lowest BCUT2D eigenvalue weighted by Gasteiger charge is -2.10. The van der Waals surface area contributed by atoms with Crippen LogP contribution in [0.5, 0.6) is 0 Å². The molecule has 2 aromatic rings. The van der Waals surface area contributed by atoms with Crippen LogP contribution in [0.2, 0.25) is 0 Å². The van der Waals surface area contributed by atoms with E-state index in [2.05, 4.69) is 59.2 Å². The van der Waals surface area contributed by atoms with Crippen molar-refractivity contribution in [2.45, 2.75) is 39.3 Å². The van der Waals surface area contributed by atoms with Crippen LogP contribution in [-0.4, -0.2) is 22.1 Å². The highest BCUT2D eigenvalue weighted by molar-refractivity contribution is 5.54. The van der Waals surface area contributed by atoms with Gasteiger partial charge >= 0.3 is 0 Å². The molecule has 3 heteroatoms. The van der Waals surface area contributed by atoms with Gasteiger partial charge in [-0.3, -0.25) is 0 Å². The second-order valence-electron chi connectivity index (χ2n) is 5.13. The van der Waals surface area contributed by atoms with Crippen molar-refractivity contribution in [1.82, 2.24) is 14.9 Å². The van der Waals surface area contributed by atoms with E-state index in [1.54, 1.807) is 0 Å². The van der Waals surface area contributed by atoms with E-state index in [4.69, 9.17) is 0 Å². The maximum Gasteiger partial charge on any atom is 0.139 e. The van der Waals surface area contributed by atoms with Gasteiger partial charge in [-0.15, -0.1) is 0 Å². The minimum absolute atomic E-state index is 0.577. The van der Waals surface area contributed by atoms with Crippen molar-refractivity contribution in [3.63, 3.8) is 0 Å². The minimum atomic E-state index is 0.577. The highest BCUT2D eigenvalue weighted by Crippen LogP contribution is 2.17. The maximum atomic E-state index is 4.46. The Morgan fingerprint density at radius 2 is 1.95 bits per heavy atom. The smallest absolute Gasteiger partial charge is 0.139 e. The number of benzene rings is 1. The van der Waals surface area contributed by atoms with Crippen LogP contribution < -0.4 is 5.32 Å². The molecular formula is C16H23N3. The lowest BCUT2D eigenvalue weighted by molar-refractivity contribution is 0.533. The summed E-state index contributed by atoms with van der Waals surface area (Å²) in [6.45, 7) is 6.49. The zero-order valence-corrected chi connectivity index (χ0v) is 11.8. The summed E-state index contributed by atoms with van der Waals surface area (Å²) >= 11 is 0. The Morgan fingerprint density at radius 3 is 2.68 bits per heavy atom. The summed E-state index contributed by atoms with van der Waals surface area (Å²) < 4.78 is 2.24. The Hall–Kier alpha value is -1.61. The number of unbranched alkanes of at least 4 members (excludes halogenated alkanes) is 1. The van der Waals surface area contributed by atoms with E-state index in [1.807, 2.05) is 12.3 Å². The third-order valence-electron chi connectivity index (χ3n) is 3.13. The monoisotopic (exact) mass is 257 g/mol. The average molecular weight is 257 g/mol. The van der Waals surface area contributed by atoms with Gasteiger partial charge in [0.25, 0.3) is 0 Å². The second-order valence-corrected chi connectivity index (χ2v) is 5.13. The molecule has 1 aromatic carbocycles. The van der Waals surface area contributed by atoms with Gasteiger partial charge in [-0.25, -0.2) is 4.98 Å². The van der Waals surface area contributed by atoms with Gasteiger partial charge in [0.1, 0.15) is 5.82 Å². The molecule has 0 aliphatic rings. The maximum absolute atomic E-state index is 4.46. The van der Waals surface area contributed by atoms with E-state index in [0.717, 1.165) is 18.9 Å². The van der Waals surface area contributed by atoms with Crippen molar-refractivity contribution in [2.24, 2.45) is 0 Å². The van der Waals surface area contributed by atoms with Gasteiger partial charge in [-0.1, -0.05) is 44.2 Å². The van der Waals surface area contributed by atoms with Crippen LogP contribution in [0.15, 0.2) is 42.7 Å². The Labute approximate surface area is 115 Å². The Balaban J connectivity index is 1.87. The summed E-state index contributed by atoms with van der Waals surface area (Å²) in [5, 5.41) is 3.45. The number of nitrogens with zero attached hydrogens (tertiary/aromatic N) is 2. The minimum Gasteiger partial charge on any atom is -0.331 e. The summed E-state index contributed by atoms with van der Waals surface area (Å²) in [5.41, 5.74) is 1.19. The molecule has 0 radical (unpaired) electrons. The third-order valence-corrected chi connectivity index (χ3v) is 3.13. The van der Waals surface area contributed by atoms with Gasteiger partial charge in [0.15, 0.2) is 0 Å². The molecule has 3 nitrogen and oxygen atoms in total. The number of aryl methyl sites for hydroxylation is 1. The number of rotatable bonds is 7. The molecule has 0 fully saturated rings. The lowest BCUT2D eigenvalue weighted by Crippen LogP contribution is -2.23. The van der Waals surface area contributed by atoms with Crippen molar-refractivity contribution in [2.75, 3.05) is 6.54 Å². The number of hydrogen-bond acceptors (Lipinski definition) is 2. The number of nitrogens with one attached hydrogen (secondary N) is 1. The fraction of sp³-hybridized carbons (Fsp3) is 0.438. The first-order valence-corrected chi connectivity index (χ1v) is 7.07. The van der Waals surface area contributed by atoms with E-state index >= 15 is 0 Å². The third kappa shape index (κ3) is 4.21. The molecule has 0 aliphatic carbocycles. The molecule has 0 bridgehead atoms. The van der Waals surface area contributed by atoms with Crippen LogP contribution in [0, 0.1) is 0 Å². The SMILES string of the molecule is CC(C)NCCCCn1ccnc1-c1ccccc1. The fourth-order valence-corrected chi connectivity index (χ4v) is 2.14. The summed E-state index contributed by atoms with van der Waals surface area (Å²) in [4.78, 5) is 4.46. The van der Waals surface area contributed by atoms with Crippen LogP contribution in [0.4, 0.5) is 0 Å². The van der Waals surface area contributed by atoms with Crippen LogP contribution in [0.25, 0.3) is 11.4 Å². The molecule has 1 aromatic heterocycles. The molecule has 0 atom stereocenters. The zero-order chi connectivity index (χ0) is 13.5. The van der Waals surface area contributed by atoms with Crippen LogP contribution >= 0.6 is 0 Å². The molecule has 1 N–H and O–H groups in total. The van der Waals surface area contributed by atoms with Gasteiger partial charge in [0, 0.05) is 30.5 Å². The van der Waals surface area contributed by atoms with E-state index in [-0.39, 0.29) is 0 Å². The molecule has 19 heavy (non-hydrogen) atoms. The Bertz CT molecular complexity index is 474. The summed E-state index contributed by atoms with van der Waals surface area (Å²) in [6, 6.07) is 10.9. The molecule has 1 heterocycles. The second kappa shape index (κ2) is 7.10. The molecule has 0 spiro atoms. The van der Waals surface area contributed by atoms with Gasteiger partial charge in [0.05, 0.1) is 0 Å². The van der Waals surface area contributed by atoms with Crippen molar-refractivity contribution in [3.05, 3.63) is 42.7 Å². The van der Waals surface area contributed by atoms with Gasteiger partial charge in [0.2, 0.25) is 0 Å². The number of hydrogen-bond donors (Lipinski definition) is 1. The predicted molar refractivity (Wildman–Crippen MR) is 80.0 cm³/mol. The summed E-state index contributed by atoms with van der Waals surface area (Å²) in [6.07, 6.45) is 6.33. The molecular weight excluding hydrogens is 234 g/mol. The highest BCUT2D eigenvalue weighted by Gasteiger charge is 2.04. The quantitative estimate of drug-likeness (QED) is 0.771. The van der Waals surface area contributed by atoms with Crippen LogP contribution in [-0.2, 0) is 6.54 Å². The van der Waals surface area contributed by atoms with Gasteiger partial charge in [-0.05, 0) is 19.4 Å². The number of aromatic nitrogens is 2. The highest BCUT2D eigenvalue weighted by atomic mass is 15.1. The molecule has 0 unspecified atom stereocenters. The normalized spacial score (nSPS) is 11.1. The molecule has 0 saturated heterocycles. The van der Waals surface area contributed by atoms with Crippen LogP contribution in [0.1, 0.15) is 26.7 Å². The Kier molecular flexibility index (Phi) is 5.16. The van der Waals surface area contributed by atoms with Crippen LogP contribution in [0.3, 0.4) is 0 Å². The largest absolute Gasteiger partial charge is 0.331 e. The molecule has 102 valence electrons. The van der Waals surface area contributed by atoms with Crippen molar-refractivity contribution in [1.29, 1.82) is 0 Å². The first kappa shape index (κ1) is 13.8. The molecule has 0 amide bonds. The van der Waals surface area contributed by atoms with Crippen molar-refractivity contribution < 1.29 is 0 Å². The molecule has 0 saturated carbocycles. The Morgan fingerprint density at radius 1 is 1.16 bits per heavy atom. The lowest BCUT2D eigenvalue weighted by atomic mass is 10.2. The number of imidazole rings is 1. The van der Waals surface area contributed by atoms with E-state index in [0.29, 0.717) is 6.04 Å². The predicted octanol–water partition coefficient (Wildman–Crippen LogP) is 3.33. The van der Waals surface area contributed by atoms with E-state index < -0.39 is 0 Å². The zero-order valence-electron chi connectivity index (χ0n) is 11.8.